The number of anilines is 1. The summed E-state index contributed by atoms with van der Waals surface area (Å²) in [6, 6.07) is 12.7. The molecule has 2 aromatic carbocycles. The lowest BCUT2D eigenvalue weighted by molar-refractivity contribution is -0.140. The van der Waals surface area contributed by atoms with Crippen LogP contribution in [0.15, 0.2) is 48.5 Å². The van der Waals surface area contributed by atoms with Crippen LogP contribution in [0.4, 0.5) is 5.69 Å². The molecular weight excluding hydrogens is 490 g/mol. The molecule has 0 spiro atoms. The van der Waals surface area contributed by atoms with Crippen LogP contribution in [-0.4, -0.2) is 57.1 Å². The van der Waals surface area contributed by atoms with Gasteiger partial charge in [0, 0.05) is 12.6 Å². The van der Waals surface area contributed by atoms with Crippen molar-refractivity contribution in [1.82, 2.24) is 10.2 Å². The highest BCUT2D eigenvalue weighted by atomic mass is 35.5. The summed E-state index contributed by atoms with van der Waals surface area (Å²) in [5.74, 6) is -0.139. The van der Waals surface area contributed by atoms with Gasteiger partial charge in [0.1, 0.15) is 18.3 Å². The monoisotopic (exact) mass is 523 g/mol. The fraction of sp³-hybridized carbons (Fsp3) is 0.440. The second kappa shape index (κ2) is 12.8. The third-order valence-electron chi connectivity index (χ3n) is 5.70. The maximum Gasteiger partial charge on any atom is 0.244 e. The van der Waals surface area contributed by atoms with Gasteiger partial charge in [-0.05, 0) is 49.6 Å². The molecule has 2 rings (SSSR count). The molecule has 0 aliphatic rings. The van der Waals surface area contributed by atoms with Gasteiger partial charge in [0.05, 0.1) is 24.1 Å². The van der Waals surface area contributed by atoms with E-state index in [-0.39, 0.29) is 29.2 Å². The second-order valence-electron chi connectivity index (χ2n) is 8.33. The summed E-state index contributed by atoms with van der Waals surface area (Å²) in [6.45, 7) is 5.29. The molecule has 0 aliphatic heterocycles. The van der Waals surface area contributed by atoms with E-state index in [9.17, 15) is 18.0 Å². The zero-order chi connectivity index (χ0) is 26.2. The highest BCUT2D eigenvalue weighted by Gasteiger charge is 2.32. The Hall–Kier alpha value is -2.78. The minimum absolute atomic E-state index is 0.0647. The first-order valence-electron chi connectivity index (χ1n) is 11.5. The quantitative estimate of drug-likeness (QED) is 0.456. The van der Waals surface area contributed by atoms with Crippen LogP contribution in [-0.2, 0) is 26.2 Å². The normalized spacial score (nSPS) is 13.0. The first kappa shape index (κ1) is 28.5. The summed E-state index contributed by atoms with van der Waals surface area (Å²) < 4.78 is 31.4. The van der Waals surface area contributed by atoms with Gasteiger partial charge in [0.25, 0.3) is 0 Å². The third kappa shape index (κ3) is 7.86. The Morgan fingerprint density at radius 1 is 1.06 bits per heavy atom. The average molecular weight is 524 g/mol. The third-order valence-corrected chi connectivity index (χ3v) is 7.15. The Kier molecular flexibility index (Phi) is 10.4. The number of rotatable bonds is 12. The van der Waals surface area contributed by atoms with Crippen molar-refractivity contribution in [2.75, 3.05) is 24.2 Å². The predicted octanol–water partition coefficient (Wildman–Crippen LogP) is 3.84. The van der Waals surface area contributed by atoms with Gasteiger partial charge in [-0.1, -0.05) is 49.7 Å². The first-order chi connectivity index (χ1) is 16.5. The molecule has 2 atom stereocenters. The largest absolute Gasteiger partial charge is 0.497 e. The Labute approximate surface area is 213 Å². The lowest BCUT2D eigenvalue weighted by atomic mass is 10.1. The number of ether oxygens (including phenoxy) is 1. The summed E-state index contributed by atoms with van der Waals surface area (Å²) in [4.78, 5) is 28.2. The Morgan fingerprint density at radius 3 is 2.20 bits per heavy atom. The van der Waals surface area contributed by atoms with Crippen LogP contribution in [0.3, 0.4) is 0 Å². The molecule has 0 saturated heterocycles. The van der Waals surface area contributed by atoms with Gasteiger partial charge < -0.3 is 15.0 Å². The molecule has 0 bridgehead atoms. The van der Waals surface area contributed by atoms with Crippen molar-refractivity contribution >= 4 is 39.1 Å². The highest BCUT2D eigenvalue weighted by molar-refractivity contribution is 7.92. The second-order valence-corrected chi connectivity index (χ2v) is 10.6. The number of carbonyl (C=O) groups is 2. The minimum atomic E-state index is -3.84. The fourth-order valence-corrected chi connectivity index (χ4v) is 4.69. The summed E-state index contributed by atoms with van der Waals surface area (Å²) in [6.07, 6.45) is 2.11. The molecule has 0 aliphatic carbocycles. The number of nitrogens with zero attached hydrogens (tertiary/aromatic N) is 2. The van der Waals surface area contributed by atoms with E-state index in [1.807, 2.05) is 20.8 Å². The number of nitrogens with one attached hydrogen (secondary N) is 1. The topological polar surface area (TPSA) is 96.0 Å². The Morgan fingerprint density at radius 2 is 1.69 bits per heavy atom. The Balaban J connectivity index is 2.44. The molecule has 0 aromatic heterocycles. The number of carbonyl (C=O) groups excluding carboxylic acids is 2. The summed E-state index contributed by atoms with van der Waals surface area (Å²) in [5, 5.41) is 3.14. The lowest BCUT2D eigenvalue weighted by Crippen LogP contribution is -2.53. The number of para-hydroxylation sites is 1. The van der Waals surface area contributed by atoms with E-state index >= 15 is 0 Å². The van der Waals surface area contributed by atoms with Crippen LogP contribution >= 0.6 is 11.6 Å². The van der Waals surface area contributed by atoms with Crippen LogP contribution in [0, 0.1) is 0 Å². The zero-order valence-corrected chi connectivity index (χ0v) is 22.4. The molecule has 10 heteroatoms. The van der Waals surface area contributed by atoms with E-state index in [0.717, 1.165) is 22.5 Å². The molecule has 0 saturated carbocycles. The standard InChI is InChI=1S/C25H34ClN3O5S/c1-6-18(3)27-25(31)22(7-2)28(16-19-12-14-20(34-4)15-13-19)24(30)17-29(35(5,32)33)23-11-9-8-10-21(23)26/h8-15,18,22H,6-7,16-17H2,1-5H3,(H,27,31)/t18-,22-/m1/s1. The van der Waals surface area contributed by atoms with Crippen molar-refractivity contribution in [2.24, 2.45) is 0 Å². The molecule has 2 aromatic rings. The van der Waals surface area contributed by atoms with E-state index in [1.54, 1.807) is 49.6 Å². The van der Waals surface area contributed by atoms with Crippen molar-refractivity contribution < 1.29 is 22.7 Å². The number of amides is 2. The van der Waals surface area contributed by atoms with Gasteiger partial charge in [0.2, 0.25) is 21.8 Å². The fourth-order valence-electron chi connectivity index (χ4n) is 3.54. The molecule has 0 fully saturated rings. The molecular formula is C25H34ClN3O5S. The van der Waals surface area contributed by atoms with Crippen LogP contribution in [0.25, 0.3) is 0 Å². The molecule has 192 valence electrons. The van der Waals surface area contributed by atoms with Gasteiger partial charge in [-0.15, -0.1) is 0 Å². The molecule has 35 heavy (non-hydrogen) atoms. The molecule has 0 radical (unpaired) electrons. The SMILES string of the molecule is CC[C@@H](C)NC(=O)[C@@H](CC)N(Cc1ccc(OC)cc1)C(=O)CN(c1ccccc1Cl)S(C)(=O)=O. The van der Waals surface area contributed by atoms with E-state index in [0.29, 0.717) is 12.2 Å². The van der Waals surface area contributed by atoms with Crippen molar-refractivity contribution in [2.45, 2.75) is 52.2 Å². The first-order valence-corrected chi connectivity index (χ1v) is 13.7. The number of halogens is 1. The van der Waals surface area contributed by atoms with Crippen molar-refractivity contribution in [3.63, 3.8) is 0 Å². The van der Waals surface area contributed by atoms with Crippen molar-refractivity contribution in [3.05, 3.63) is 59.1 Å². The summed E-state index contributed by atoms with van der Waals surface area (Å²) in [5.41, 5.74) is 0.976. The molecule has 0 unspecified atom stereocenters. The smallest absolute Gasteiger partial charge is 0.244 e. The maximum atomic E-state index is 13.6. The number of benzene rings is 2. The summed E-state index contributed by atoms with van der Waals surface area (Å²) >= 11 is 6.25. The number of sulfonamides is 1. The van der Waals surface area contributed by atoms with Gasteiger partial charge in [-0.3, -0.25) is 13.9 Å². The number of hydrogen-bond acceptors (Lipinski definition) is 5. The molecule has 1 N–H and O–H groups in total. The highest BCUT2D eigenvalue weighted by Crippen LogP contribution is 2.27. The van der Waals surface area contributed by atoms with Crippen LogP contribution in [0.5, 0.6) is 5.75 Å². The van der Waals surface area contributed by atoms with Gasteiger partial charge >= 0.3 is 0 Å². The van der Waals surface area contributed by atoms with Gasteiger partial charge in [-0.25, -0.2) is 8.42 Å². The van der Waals surface area contributed by atoms with Crippen LogP contribution < -0.4 is 14.4 Å². The minimum Gasteiger partial charge on any atom is -0.497 e. The summed E-state index contributed by atoms with van der Waals surface area (Å²) in [7, 11) is -2.28. The van der Waals surface area contributed by atoms with Crippen molar-refractivity contribution in [1.29, 1.82) is 0 Å². The van der Waals surface area contributed by atoms with E-state index in [1.165, 1.54) is 11.0 Å². The van der Waals surface area contributed by atoms with E-state index in [4.69, 9.17) is 16.3 Å². The molecule has 8 nitrogen and oxygen atoms in total. The van der Waals surface area contributed by atoms with Crippen LogP contribution in [0.2, 0.25) is 5.02 Å². The van der Waals surface area contributed by atoms with E-state index in [2.05, 4.69) is 5.32 Å². The van der Waals surface area contributed by atoms with Gasteiger partial charge in [-0.2, -0.15) is 0 Å². The zero-order valence-electron chi connectivity index (χ0n) is 20.8. The number of methoxy groups -OCH3 is 1. The maximum absolute atomic E-state index is 13.6. The van der Waals surface area contributed by atoms with Crippen LogP contribution in [0.1, 0.15) is 39.2 Å². The predicted molar refractivity (Wildman–Crippen MR) is 139 cm³/mol. The lowest BCUT2D eigenvalue weighted by Gasteiger charge is -2.33. The number of hydrogen-bond donors (Lipinski definition) is 1. The average Bonchev–Trinajstić information content (AvgIpc) is 2.82. The molecule has 2 amide bonds. The molecule has 0 heterocycles. The van der Waals surface area contributed by atoms with E-state index < -0.39 is 28.5 Å². The van der Waals surface area contributed by atoms with Gasteiger partial charge in [0.15, 0.2) is 0 Å². The van der Waals surface area contributed by atoms with Crippen molar-refractivity contribution in [3.8, 4) is 5.75 Å². The Bertz CT molecular complexity index is 1110.